The van der Waals surface area contributed by atoms with Gasteiger partial charge in [0.15, 0.2) is 0 Å². The fourth-order valence-corrected chi connectivity index (χ4v) is 3.17. The lowest BCUT2D eigenvalue weighted by Crippen LogP contribution is -2.03. The molecule has 0 aliphatic carbocycles. The maximum Gasteiger partial charge on any atom is 0.0723 e. The van der Waals surface area contributed by atoms with E-state index in [9.17, 15) is 0 Å². The summed E-state index contributed by atoms with van der Waals surface area (Å²) in [6.07, 6.45) is 3.97. The summed E-state index contributed by atoms with van der Waals surface area (Å²) in [6, 6.07) is 16.8. The molecule has 0 radical (unpaired) electrons. The Balaban J connectivity index is 2.22. The molecule has 0 aromatic heterocycles. The van der Waals surface area contributed by atoms with Gasteiger partial charge in [0.2, 0.25) is 0 Å². The fraction of sp³-hybridized carbons (Fsp3) is 0. The van der Waals surface area contributed by atoms with Gasteiger partial charge in [-0.05, 0) is 29.7 Å². The molecule has 0 saturated heterocycles. The van der Waals surface area contributed by atoms with Gasteiger partial charge in [-0.3, -0.25) is 4.99 Å². The van der Waals surface area contributed by atoms with E-state index in [0.717, 1.165) is 16.4 Å². The van der Waals surface area contributed by atoms with Gasteiger partial charge in [-0.1, -0.05) is 30.3 Å². The molecule has 3 aromatic carbocycles. The van der Waals surface area contributed by atoms with Crippen LogP contribution in [0.4, 0.5) is 5.69 Å². The van der Waals surface area contributed by atoms with E-state index in [4.69, 9.17) is 4.99 Å². The standard InChI is InChI=1S/C18H10N2/c1-2-4-15-12(3-1)18-16(20-15)8-6-11-5-7-14-13(17(11)18)9-10-19-14/h1-10H. The molecule has 2 nitrogen and oxygen atoms in total. The van der Waals surface area contributed by atoms with Crippen LogP contribution in [-0.4, -0.2) is 0 Å². The van der Waals surface area contributed by atoms with Gasteiger partial charge in [-0.15, -0.1) is 0 Å². The molecule has 0 N–H and O–H groups in total. The molecule has 0 unspecified atom stereocenters. The second-order valence-electron chi connectivity index (χ2n) is 5.13. The van der Waals surface area contributed by atoms with E-state index in [0.29, 0.717) is 0 Å². The van der Waals surface area contributed by atoms with Gasteiger partial charge in [0, 0.05) is 27.6 Å². The van der Waals surface area contributed by atoms with Crippen LogP contribution in [0.3, 0.4) is 0 Å². The maximum atomic E-state index is 4.74. The molecular weight excluding hydrogens is 244 g/mol. The summed E-state index contributed by atoms with van der Waals surface area (Å²) in [5.74, 6) is 0. The average Bonchev–Trinajstić information content (AvgIpc) is 3.10. The van der Waals surface area contributed by atoms with Crippen molar-refractivity contribution in [3.8, 4) is 0 Å². The SMILES string of the molecule is C1=Cc2c(ccc3ccc4c(c23)=c2ccccc2=N4)=N1. The normalized spacial score (nSPS) is 13.6. The van der Waals surface area contributed by atoms with Crippen LogP contribution in [-0.2, 0) is 0 Å². The first-order chi connectivity index (χ1) is 9.92. The third-order valence-corrected chi connectivity index (χ3v) is 4.05. The van der Waals surface area contributed by atoms with Gasteiger partial charge in [0.05, 0.1) is 16.4 Å². The first kappa shape index (κ1) is 10.1. The highest BCUT2D eigenvalue weighted by molar-refractivity contribution is 5.94. The quantitative estimate of drug-likeness (QED) is 0.461. The second-order valence-corrected chi connectivity index (χ2v) is 5.13. The zero-order valence-corrected chi connectivity index (χ0v) is 10.7. The Morgan fingerprint density at radius 2 is 1.70 bits per heavy atom. The molecule has 0 amide bonds. The number of para-hydroxylation sites is 1. The predicted molar refractivity (Wildman–Crippen MR) is 79.1 cm³/mol. The predicted octanol–water partition coefficient (Wildman–Crippen LogP) is 3.00. The van der Waals surface area contributed by atoms with E-state index < -0.39 is 0 Å². The van der Waals surface area contributed by atoms with Gasteiger partial charge >= 0.3 is 0 Å². The van der Waals surface area contributed by atoms with E-state index in [-0.39, 0.29) is 0 Å². The lowest BCUT2D eigenvalue weighted by molar-refractivity contribution is 1.37. The zero-order chi connectivity index (χ0) is 13.1. The van der Waals surface area contributed by atoms with Crippen molar-refractivity contribution in [1.82, 2.24) is 0 Å². The summed E-state index contributed by atoms with van der Waals surface area (Å²) in [4.78, 5) is 9.16. The summed E-state index contributed by atoms with van der Waals surface area (Å²) in [5.41, 5.74) is 2.28. The van der Waals surface area contributed by atoms with Crippen molar-refractivity contribution in [3.05, 3.63) is 81.4 Å². The summed E-state index contributed by atoms with van der Waals surface area (Å²) in [6.45, 7) is 0. The molecule has 0 atom stereocenters. The van der Waals surface area contributed by atoms with Gasteiger partial charge in [0.25, 0.3) is 0 Å². The van der Waals surface area contributed by atoms with Crippen LogP contribution in [0.25, 0.3) is 16.8 Å². The topological polar surface area (TPSA) is 24.7 Å². The summed E-state index contributed by atoms with van der Waals surface area (Å²) >= 11 is 0. The molecule has 0 spiro atoms. The zero-order valence-electron chi connectivity index (χ0n) is 10.7. The first-order valence-corrected chi connectivity index (χ1v) is 6.70. The van der Waals surface area contributed by atoms with Gasteiger partial charge in [-0.2, -0.15) is 0 Å². The second kappa shape index (κ2) is 3.42. The molecule has 92 valence electrons. The number of rotatable bonds is 0. The van der Waals surface area contributed by atoms with Crippen LogP contribution in [0.15, 0.2) is 64.7 Å². The number of hydrogen-bond acceptors (Lipinski definition) is 2. The highest BCUT2D eigenvalue weighted by Crippen LogP contribution is 2.29. The Morgan fingerprint density at radius 1 is 0.800 bits per heavy atom. The Kier molecular flexibility index (Phi) is 1.73. The third kappa shape index (κ3) is 1.14. The number of benzene rings is 3. The van der Waals surface area contributed by atoms with Crippen molar-refractivity contribution in [2.24, 2.45) is 9.98 Å². The van der Waals surface area contributed by atoms with Gasteiger partial charge < -0.3 is 0 Å². The molecule has 2 heterocycles. The van der Waals surface area contributed by atoms with Crippen LogP contribution >= 0.6 is 0 Å². The Hall–Kier alpha value is -2.74. The molecule has 0 fully saturated rings. The van der Waals surface area contributed by atoms with Gasteiger partial charge in [0.1, 0.15) is 0 Å². The molecule has 20 heavy (non-hydrogen) atoms. The van der Waals surface area contributed by atoms with E-state index in [1.165, 1.54) is 26.8 Å². The van der Waals surface area contributed by atoms with Crippen molar-refractivity contribution in [1.29, 1.82) is 0 Å². The molecule has 3 aromatic rings. The number of nitrogens with zero attached hydrogens (tertiary/aromatic N) is 2. The van der Waals surface area contributed by atoms with Crippen molar-refractivity contribution < 1.29 is 0 Å². The molecule has 2 aliphatic heterocycles. The fourth-order valence-electron chi connectivity index (χ4n) is 3.17. The lowest BCUT2D eigenvalue weighted by Gasteiger charge is -2.03. The average molecular weight is 254 g/mol. The van der Waals surface area contributed by atoms with Crippen LogP contribution in [0.5, 0.6) is 0 Å². The summed E-state index contributed by atoms with van der Waals surface area (Å²) in [5, 5.41) is 7.10. The molecule has 0 saturated carbocycles. The Labute approximate surface area is 114 Å². The monoisotopic (exact) mass is 254 g/mol. The maximum absolute atomic E-state index is 4.74. The highest BCUT2D eigenvalue weighted by atomic mass is 14.7. The highest BCUT2D eigenvalue weighted by Gasteiger charge is 2.12. The number of fused-ring (bicyclic) bond motifs is 6. The van der Waals surface area contributed by atoms with Crippen molar-refractivity contribution in [3.63, 3.8) is 0 Å². The number of hydrogen-bond donors (Lipinski definition) is 0. The molecule has 2 aliphatic rings. The van der Waals surface area contributed by atoms with E-state index in [2.05, 4.69) is 53.5 Å². The third-order valence-electron chi connectivity index (χ3n) is 4.05. The minimum atomic E-state index is 1.05. The molecular formula is C18H10N2. The molecule has 2 heteroatoms. The first-order valence-electron chi connectivity index (χ1n) is 6.70. The smallest absolute Gasteiger partial charge is 0.0723 e. The molecule has 5 rings (SSSR count). The van der Waals surface area contributed by atoms with Crippen LogP contribution in [0.2, 0.25) is 0 Å². The van der Waals surface area contributed by atoms with Crippen molar-refractivity contribution >= 4 is 22.5 Å². The van der Waals surface area contributed by atoms with Crippen molar-refractivity contribution in [2.45, 2.75) is 0 Å². The Bertz CT molecular complexity index is 1140. The van der Waals surface area contributed by atoms with Crippen LogP contribution < -0.4 is 10.7 Å². The minimum Gasteiger partial charge on any atom is -0.256 e. The van der Waals surface area contributed by atoms with E-state index >= 15 is 0 Å². The van der Waals surface area contributed by atoms with Crippen molar-refractivity contribution in [2.75, 3.05) is 0 Å². The Morgan fingerprint density at radius 3 is 2.70 bits per heavy atom. The van der Waals surface area contributed by atoms with E-state index in [1.54, 1.807) is 0 Å². The summed E-state index contributed by atoms with van der Waals surface area (Å²) < 4.78 is 0. The van der Waals surface area contributed by atoms with Gasteiger partial charge in [-0.25, -0.2) is 4.99 Å². The lowest BCUT2D eigenvalue weighted by atomic mass is 10.0. The van der Waals surface area contributed by atoms with Crippen LogP contribution in [0.1, 0.15) is 5.56 Å². The largest absolute Gasteiger partial charge is 0.256 e. The minimum absolute atomic E-state index is 1.05. The molecule has 0 bridgehead atoms. The van der Waals surface area contributed by atoms with Crippen LogP contribution in [0, 0.1) is 10.4 Å². The van der Waals surface area contributed by atoms with E-state index in [1.807, 2.05) is 12.3 Å². The summed E-state index contributed by atoms with van der Waals surface area (Å²) in [7, 11) is 0.